The van der Waals surface area contributed by atoms with Crippen LogP contribution in [0.15, 0.2) is 30.3 Å². The van der Waals surface area contributed by atoms with Crippen LogP contribution in [0.25, 0.3) is 0 Å². The van der Waals surface area contributed by atoms with Crippen molar-refractivity contribution in [1.82, 2.24) is 26.6 Å². The van der Waals surface area contributed by atoms with Gasteiger partial charge in [-0.1, -0.05) is 30.3 Å². The molecule has 0 saturated heterocycles. The fraction of sp³-hybridized carbons (Fsp3) is 0.667. The minimum absolute atomic E-state index is 0.135. The maximum atomic E-state index is 12.4. The van der Waals surface area contributed by atoms with Crippen LogP contribution in [0.5, 0.6) is 0 Å². The molecule has 5 N–H and O–H groups in total. The third kappa shape index (κ3) is 23.0. The first-order valence-corrected chi connectivity index (χ1v) is 16.2. The van der Waals surface area contributed by atoms with Gasteiger partial charge < -0.3 is 45.3 Å². The van der Waals surface area contributed by atoms with Gasteiger partial charge in [0, 0.05) is 51.9 Å². The fourth-order valence-corrected chi connectivity index (χ4v) is 4.32. The molecule has 5 amide bonds. The molecule has 14 heteroatoms. The number of hydrogen-bond acceptors (Lipinski definition) is 8. The van der Waals surface area contributed by atoms with Gasteiger partial charge in [-0.3, -0.25) is 9.59 Å². The van der Waals surface area contributed by atoms with Crippen molar-refractivity contribution < 1.29 is 42.7 Å². The molecule has 47 heavy (non-hydrogen) atoms. The van der Waals surface area contributed by atoms with E-state index in [2.05, 4.69) is 26.6 Å². The van der Waals surface area contributed by atoms with Crippen molar-refractivity contribution in [2.24, 2.45) is 0 Å². The van der Waals surface area contributed by atoms with E-state index in [0.717, 1.165) is 5.56 Å². The number of nitrogens with one attached hydrogen (secondary N) is 5. The van der Waals surface area contributed by atoms with Gasteiger partial charge in [0.25, 0.3) is 0 Å². The molecule has 14 nitrogen and oxygen atoms in total. The Kier molecular flexibility index (Phi) is 18.2. The molecule has 1 aromatic rings. The highest BCUT2D eigenvalue weighted by Crippen LogP contribution is 2.10. The minimum Gasteiger partial charge on any atom is -0.445 e. The fourth-order valence-electron chi connectivity index (χ4n) is 4.32. The molecule has 266 valence electrons. The smallest absolute Gasteiger partial charge is 0.407 e. The third-order valence-electron chi connectivity index (χ3n) is 6.57. The van der Waals surface area contributed by atoms with Gasteiger partial charge in [-0.05, 0) is 47.1 Å². The molecule has 0 radical (unpaired) electrons. The maximum absolute atomic E-state index is 12.4. The topological polar surface area (TPSA) is 173 Å². The molecule has 1 rings (SSSR count). The number of amides is 5. The van der Waals surface area contributed by atoms with Crippen LogP contribution in [-0.4, -0.2) is 105 Å². The van der Waals surface area contributed by atoms with Crippen LogP contribution in [0.2, 0.25) is 0 Å². The molecule has 0 aromatic heterocycles. The van der Waals surface area contributed by atoms with E-state index in [1.54, 1.807) is 41.5 Å². The van der Waals surface area contributed by atoms with Crippen molar-refractivity contribution in [3.63, 3.8) is 0 Å². The molecule has 0 bridgehead atoms. The largest absolute Gasteiger partial charge is 0.445 e. The van der Waals surface area contributed by atoms with E-state index >= 15 is 0 Å². The minimum atomic E-state index is -0.597. The zero-order valence-electron chi connectivity index (χ0n) is 29.3. The van der Waals surface area contributed by atoms with Crippen molar-refractivity contribution in [3.05, 3.63) is 35.9 Å². The Morgan fingerprint density at radius 1 is 0.596 bits per heavy atom. The highest BCUT2D eigenvalue weighted by atomic mass is 16.6. The summed E-state index contributed by atoms with van der Waals surface area (Å²) in [5.74, 6) is -0.269. The first kappa shape index (κ1) is 41.0. The molecule has 1 aromatic carbocycles. The van der Waals surface area contributed by atoms with Gasteiger partial charge in [-0.25, -0.2) is 14.4 Å². The Hall–Kier alpha value is -4.07. The number of likely N-dealkylation sites (N-methyl/N-ethyl adjacent to an activating group) is 1. The average Bonchev–Trinajstić information content (AvgIpc) is 2.95. The summed E-state index contributed by atoms with van der Waals surface area (Å²) >= 11 is 0. The van der Waals surface area contributed by atoms with Crippen LogP contribution in [-0.2, 0) is 30.4 Å². The van der Waals surface area contributed by atoms with E-state index in [-0.39, 0.29) is 57.4 Å². The van der Waals surface area contributed by atoms with Gasteiger partial charge >= 0.3 is 18.3 Å². The Morgan fingerprint density at radius 3 is 1.47 bits per heavy atom. The second-order valence-electron chi connectivity index (χ2n) is 13.5. The van der Waals surface area contributed by atoms with Gasteiger partial charge in [0.05, 0.1) is 33.2 Å². The molecule has 0 atom stereocenters. The summed E-state index contributed by atoms with van der Waals surface area (Å²) in [6.07, 6.45) is 0.160. The SMILES string of the molecule is CC(C)(C)OC(=O)NCCNC(=O)CCC[N+](C)(CCCC(=O)NCCNC(=O)OC(C)(C)C)CCNC(=O)OCc1ccccc1. The van der Waals surface area contributed by atoms with Crippen LogP contribution in [0.3, 0.4) is 0 Å². The van der Waals surface area contributed by atoms with Gasteiger partial charge in [0.15, 0.2) is 0 Å². The average molecular weight is 666 g/mol. The van der Waals surface area contributed by atoms with E-state index in [4.69, 9.17) is 14.2 Å². The number of rotatable bonds is 19. The third-order valence-corrected chi connectivity index (χ3v) is 6.57. The number of carbonyl (C=O) groups excluding carboxylic acids is 5. The quantitative estimate of drug-likeness (QED) is 0.0851. The van der Waals surface area contributed by atoms with Gasteiger partial charge in [-0.15, -0.1) is 0 Å². The van der Waals surface area contributed by atoms with Crippen LogP contribution in [0.1, 0.15) is 72.8 Å². The molecule has 0 aliphatic heterocycles. The molecule has 0 saturated carbocycles. The molecule has 0 fully saturated rings. The molecular weight excluding hydrogens is 608 g/mol. The van der Waals surface area contributed by atoms with Gasteiger partial charge in [-0.2, -0.15) is 0 Å². The number of hydrogen-bond donors (Lipinski definition) is 5. The molecular formula is C33H57N6O8+. The standard InChI is InChI=1S/C33H56N6O8/c1-32(2,3)46-30(43)36-19-17-34-27(40)15-11-22-39(7,24-21-38-29(42)45-25-26-13-9-8-10-14-26)23-12-16-28(41)35-18-20-37-31(44)47-33(4,5)6/h8-10,13-14H,11-12,15-25H2,1-7H3,(H4-,34,35,36,37,38,40,41,42,43,44)/p+1. The van der Waals surface area contributed by atoms with E-state index in [0.29, 0.717) is 43.5 Å². The first-order valence-electron chi connectivity index (χ1n) is 16.2. The number of carbonyl (C=O) groups is 5. The number of nitrogens with zero attached hydrogens (tertiary/aromatic N) is 1. The predicted octanol–water partition coefficient (Wildman–Crippen LogP) is 3.20. The molecule has 0 unspecified atom stereocenters. The lowest BCUT2D eigenvalue weighted by Crippen LogP contribution is -2.50. The van der Waals surface area contributed by atoms with Crippen molar-refractivity contribution >= 4 is 30.1 Å². The van der Waals surface area contributed by atoms with Gasteiger partial charge in [0.1, 0.15) is 17.8 Å². The van der Waals surface area contributed by atoms with E-state index in [1.165, 1.54) is 0 Å². The second-order valence-corrected chi connectivity index (χ2v) is 13.5. The normalized spacial score (nSPS) is 11.6. The van der Waals surface area contributed by atoms with Crippen LogP contribution >= 0.6 is 0 Å². The Balaban J connectivity index is 2.50. The van der Waals surface area contributed by atoms with Crippen LogP contribution < -0.4 is 26.6 Å². The molecule has 0 heterocycles. The summed E-state index contributed by atoms with van der Waals surface area (Å²) < 4.78 is 16.2. The lowest BCUT2D eigenvalue weighted by Gasteiger charge is -2.35. The Morgan fingerprint density at radius 2 is 1.02 bits per heavy atom. The number of benzene rings is 1. The Bertz CT molecular complexity index is 1060. The lowest BCUT2D eigenvalue weighted by molar-refractivity contribution is -0.908. The zero-order chi connectivity index (χ0) is 35.3. The molecule has 0 spiro atoms. The summed E-state index contributed by atoms with van der Waals surface area (Å²) in [6, 6.07) is 9.40. The molecule has 0 aliphatic rings. The summed E-state index contributed by atoms with van der Waals surface area (Å²) in [7, 11) is 2.03. The van der Waals surface area contributed by atoms with E-state index < -0.39 is 29.5 Å². The van der Waals surface area contributed by atoms with Crippen molar-refractivity contribution in [3.8, 4) is 0 Å². The van der Waals surface area contributed by atoms with E-state index in [1.807, 2.05) is 37.4 Å². The summed E-state index contributed by atoms with van der Waals surface area (Å²) in [5, 5.41) is 13.6. The van der Waals surface area contributed by atoms with Crippen LogP contribution in [0, 0.1) is 0 Å². The summed E-state index contributed by atoms with van der Waals surface area (Å²) in [6.45, 7) is 14.1. The predicted molar refractivity (Wildman–Crippen MR) is 178 cm³/mol. The summed E-state index contributed by atoms with van der Waals surface area (Å²) in [4.78, 5) is 60.6. The van der Waals surface area contributed by atoms with Crippen molar-refractivity contribution in [2.75, 3.05) is 59.4 Å². The number of quaternary nitrogens is 1. The van der Waals surface area contributed by atoms with Crippen molar-refractivity contribution in [2.45, 2.75) is 85.0 Å². The van der Waals surface area contributed by atoms with Crippen molar-refractivity contribution in [1.29, 1.82) is 0 Å². The lowest BCUT2D eigenvalue weighted by atomic mass is 10.2. The highest BCUT2D eigenvalue weighted by Gasteiger charge is 2.23. The Labute approximate surface area is 279 Å². The maximum Gasteiger partial charge on any atom is 0.407 e. The second kappa shape index (κ2) is 20.9. The van der Waals surface area contributed by atoms with E-state index in [9.17, 15) is 24.0 Å². The van der Waals surface area contributed by atoms with Gasteiger partial charge in [0.2, 0.25) is 11.8 Å². The van der Waals surface area contributed by atoms with Crippen LogP contribution in [0.4, 0.5) is 14.4 Å². The zero-order valence-corrected chi connectivity index (χ0v) is 29.3. The monoisotopic (exact) mass is 665 g/mol. The summed E-state index contributed by atoms with van der Waals surface area (Å²) in [5.41, 5.74) is -0.303. The molecule has 0 aliphatic carbocycles. The number of alkyl carbamates (subject to hydrolysis) is 3. The highest BCUT2D eigenvalue weighted by molar-refractivity contribution is 5.76. The first-order chi connectivity index (χ1) is 22.0. The number of ether oxygens (including phenoxy) is 3.